The molecule has 0 unspecified atom stereocenters. The van der Waals surface area contributed by atoms with Gasteiger partial charge in [0.05, 0.1) is 29.1 Å². The van der Waals surface area contributed by atoms with Gasteiger partial charge in [0.15, 0.2) is 9.84 Å². The van der Waals surface area contributed by atoms with E-state index >= 15 is 0 Å². The molecule has 4 atom stereocenters. The molecule has 3 saturated carbocycles. The Morgan fingerprint density at radius 3 is 2.57 bits per heavy atom. The first-order valence-corrected chi connectivity index (χ1v) is 12.4. The fourth-order valence-electron chi connectivity index (χ4n) is 5.22. The molecule has 1 aromatic carbocycles. The molecule has 162 valence electrons. The molecule has 8 heteroatoms. The smallest absolute Gasteiger partial charge is 0.287 e. The Hall–Kier alpha value is -1.86. The Morgan fingerprint density at radius 1 is 1.23 bits per heavy atom. The minimum absolute atomic E-state index is 0.0474. The topological polar surface area (TPSA) is 81.1 Å². The molecule has 1 aromatic heterocycles. The minimum Gasteiger partial charge on any atom is -0.379 e. The van der Waals surface area contributed by atoms with Crippen LogP contribution in [0.5, 0.6) is 0 Å². The highest BCUT2D eigenvalue weighted by Gasteiger charge is 2.56. The van der Waals surface area contributed by atoms with E-state index < -0.39 is 15.4 Å². The van der Waals surface area contributed by atoms with Gasteiger partial charge in [0, 0.05) is 6.04 Å². The zero-order chi connectivity index (χ0) is 21.7. The summed E-state index contributed by atoms with van der Waals surface area (Å²) in [6, 6.07) is 8.45. The number of fused-ring (bicyclic) bond motifs is 2. The predicted molar refractivity (Wildman–Crippen MR) is 119 cm³/mol. The van der Waals surface area contributed by atoms with Crippen molar-refractivity contribution in [2.24, 2.45) is 23.2 Å². The van der Waals surface area contributed by atoms with E-state index in [-0.39, 0.29) is 28.3 Å². The molecule has 0 radical (unpaired) electrons. The highest BCUT2D eigenvalue weighted by atomic mass is 35.5. The lowest BCUT2D eigenvalue weighted by atomic mass is 9.45. The zero-order valence-corrected chi connectivity index (χ0v) is 19.1. The average Bonchev–Trinajstić information content (AvgIpc) is 2.72. The molecule has 3 aliphatic rings. The first kappa shape index (κ1) is 21.4. The van der Waals surface area contributed by atoms with Gasteiger partial charge in [-0.2, -0.15) is 5.10 Å². The largest absolute Gasteiger partial charge is 0.379 e. The maximum Gasteiger partial charge on any atom is 0.287 e. The van der Waals surface area contributed by atoms with Crippen molar-refractivity contribution in [3.8, 4) is 0 Å². The SMILES string of the molecule is C[C@H]1[C@H](Nc2cnn(CCS(=O)(=O)c3ccccc3)c(=O)c2Cl)C[C@H]2C[C@@H]1C2(C)C. The van der Waals surface area contributed by atoms with Gasteiger partial charge >= 0.3 is 0 Å². The van der Waals surface area contributed by atoms with E-state index in [1.54, 1.807) is 30.3 Å². The number of nitrogens with one attached hydrogen (secondary N) is 1. The van der Waals surface area contributed by atoms with E-state index in [1.165, 1.54) is 12.6 Å². The summed E-state index contributed by atoms with van der Waals surface area (Å²) in [4.78, 5) is 12.9. The number of aryl methyl sites for hydroxylation is 1. The van der Waals surface area contributed by atoms with Crippen LogP contribution in [-0.4, -0.2) is 30.0 Å². The molecule has 3 fully saturated rings. The number of anilines is 1. The lowest BCUT2D eigenvalue weighted by Crippen LogP contribution is -2.58. The molecule has 1 heterocycles. The monoisotopic (exact) mass is 449 g/mol. The molecule has 2 bridgehead atoms. The number of nitrogens with zero attached hydrogens (tertiary/aromatic N) is 2. The summed E-state index contributed by atoms with van der Waals surface area (Å²) in [5.41, 5.74) is 0.437. The van der Waals surface area contributed by atoms with E-state index in [0.29, 0.717) is 28.9 Å². The van der Waals surface area contributed by atoms with Crippen LogP contribution < -0.4 is 10.9 Å². The van der Waals surface area contributed by atoms with Gasteiger partial charge in [0.2, 0.25) is 0 Å². The van der Waals surface area contributed by atoms with Gasteiger partial charge < -0.3 is 5.32 Å². The summed E-state index contributed by atoms with van der Waals surface area (Å²) in [7, 11) is -3.50. The van der Waals surface area contributed by atoms with Crippen molar-refractivity contribution in [2.75, 3.05) is 11.1 Å². The summed E-state index contributed by atoms with van der Waals surface area (Å²) >= 11 is 6.35. The Labute approximate surface area is 182 Å². The standard InChI is InChI=1S/C22H28ClN3O3S/c1-14-17-11-15(22(17,2)3)12-18(14)25-19-13-24-26(21(27)20(19)23)9-10-30(28,29)16-7-5-4-6-8-16/h4-8,13-15,17-18,25H,9-12H2,1-3H3/t14-,15-,17+,18-/m1/s1. The Bertz CT molecular complexity index is 1100. The second kappa shape index (κ2) is 7.68. The molecule has 1 N–H and O–H groups in total. The van der Waals surface area contributed by atoms with Gasteiger partial charge in [-0.25, -0.2) is 13.1 Å². The molecule has 3 aliphatic carbocycles. The van der Waals surface area contributed by atoms with Crippen LogP contribution in [0.15, 0.2) is 46.2 Å². The fourth-order valence-corrected chi connectivity index (χ4v) is 6.64. The maximum absolute atomic E-state index is 12.7. The number of hydrogen-bond donors (Lipinski definition) is 1. The molecule has 5 rings (SSSR count). The van der Waals surface area contributed by atoms with Crippen LogP contribution in [0.2, 0.25) is 5.02 Å². The number of halogens is 1. The van der Waals surface area contributed by atoms with Crippen molar-refractivity contribution in [1.82, 2.24) is 9.78 Å². The van der Waals surface area contributed by atoms with Gasteiger partial charge in [0.25, 0.3) is 5.56 Å². The van der Waals surface area contributed by atoms with E-state index in [2.05, 4.69) is 31.2 Å². The van der Waals surface area contributed by atoms with Crippen molar-refractivity contribution < 1.29 is 8.42 Å². The van der Waals surface area contributed by atoms with Crippen LogP contribution in [0.1, 0.15) is 33.6 Å². The van der Waals surface area contributed by atoms with Crippen LogP contribution in [0.4, 0.5) is 5.69 Å². The zero-order valence-electron chi connectivity index (χ0n) is 17.5. The molecule has 6 nitrogen and oxygen atoms in total. The number of hydrogen-bond acceptors (Lipinski definition) is 5. The minimum atomic E-state index is -3.50. The highest BCUT2D eigenvalue weighted by molar-refractivity contribution is 7.91. The van der Waals surface area contributed by atoms with Crippen molar-refractivity contribution >= 4 is 27.1 Å². The lowest BCUT2D eigenvalue weighted by molar-refractivity contribution is -0.105. The molecule has 0 saturated heterocycles. The molecular formula is C22H28ClN3O3S. The Balaban J connectivity index is 1.46. The quantitative estimate of drug-likeness (QED) is 0.724. The number of aromatic nitrogens is 2. The number of rotatable bonds is 6. The van der Waals surface area contributed by atoms with E-state index in [0.717, 1.165) is 11.1 Å². The number of sulfone groups is 1. The number of benzene rings is 1. The van der Waals surface area contributed by atoms with Crippen LogP contribution in [-0.2, 0) is 16.4 Å². The van der Waals surface area contributed by atoms with Crippen molar-refractivity contribution in [2.45, 2.75) is 51.1 Å². The Kier molecular flexibility index (Phi) is 5.47. The van der Waals surface area contributed by atoms with Crippen molar-refractivity contribution in [1.29, 1.82) is 0 Å². The van der Waals surface area contributed by atoms with Crippen LogP contribution in [0.25, 0.3) is 0 Å². The second-order valence-corrected chi connectivity index (χ2v) is 11.7. The fraction of sp³-hybridized carbons (Fsp3) is 0.545. The lowest BCUT2D eigenvalue weighted by Gasteiger charge is -2.62. The molecular weight excluding hydrogens is 422 g/mol. The highest BCUT2D eigenvalue weighted by Crippen LogP contribution is 2.61. The van der Waals surface area contributed by atoms with Crippen LogP contribution in [0.3, 0.4) is 0 Å². The normalized spacial score (nSPS) is 27.3. The van der Waals surface area contributed by atoms with Gasteiger partial charge in [0.1, 0.15) is 5.02 Å². The average molecular weight is 450 g/mol. The molecule has 0 spiro atoms. The second-order valence-electron chi connectivity index (χ2n) is 9.24. The van der Waals surface area contributed by atoms with E-state index in [9.17, 15) is 13.2 Å². The van der Waals surface area contributed by atoms with Gasteiger partial charge in [-0.15, -0.1) is 0 Å². The van der Waals surface area contributed by atoms with E-state index in [4.69, 9.17) is 11.6 Å². The molecule has 30 heavy (non-hydrogen) atoms. The molecule has 2 aromatic rings. The summed E-state index contributed by atoms with van der Waals surface area (Å²) in [5, 5.41) is 7.68. The summed E-state index contributed by atoms with van der Waals surface area (Å²) in [5.74, 6) is 1.63. The van der Waals surface area contributed by atoms with Crippen LogP contribution in [0, 0.1) is 23.2 Å². The summed E-state index contributed by atoms with van der Waals surface area (Å²) in [6.07, 6.45) is 3.87. The summed E-state index contributed by atoms with van der Waals surface area (Å²) in [6.45, 7) is 6.90. The van der Waals surface area contributed by atoms with Crippen molar-refractivity contribution in [3.05, 3.63) is 51.9 Å². The maximum atomic E-state index is 12.7. The molecule has 0 amide bonds. The first-order valence-electron chi connectivity index (χ1n) is 10.4. The third-order valence-corrected chi connectivity index (χ3v) is 9.43. The van der Waals surface area contributed by atoms with Gasteiger partial charge in [-0.1, -0.05) is 50.6 Å². The third-order valence-electron chi connectivity index (χ3n) is 7.35. The first-order chi connectivity index (χ1) is 14.1. The van der Waals surface area contributed by atoms with Crippen LogP contribution >= 0.6 is 11.6 Å². The van der Waals surface area contributed by atoms with Gasteiger partial charge in [-0.3, -0.25) is 4.79 Å². The van der Waals surface area contributed by atoms with Crippen molar-refractivity contribution in [3.63, 3.8) is 0 Å². The third kappa shape index (κ3) is 3.66. The summed E-state index contributed by atoms with van der Waals surface area (Å²) < 4.78 is 26.1. The Morgan fingerprint density at radius 2 is 1.93 bits per heavy atom. The van der Waals surface area contributed by atoms with E-state index in [1.807, 2.05) is 0 Å². The molecule has 0 aliphatic heterocycles. The van der Waals surface area contributed by atoms with Gasteiger partial charge in [-0.05, 0) is 48.1 Å². The predicted octanol–water partition coefficient (Wildman–Crippen LogP) is 3.85.